The summed E-state index contributed by atoms with van der Waals surface area (Å²) < 4.78 is 6.60. The number of aromatic amines is 1. The van der Waals surface area contributed by atoms with Crippen LogP contribution in [0.5, 0.6) is 0 Å². The highest BCUT2D eigenvalue weighted by Gasteiger charge is 2.00. The van der Waals surface area contributed by atoms with Crippen LogP contribution in [0.25, 0.3) is 0 Å². The molecule has 0 amide bonds. The first-order valence-electron chi connectivity index (χ1n) is 3.72. The van der Waals surface area contributed by atoms with E-state index in [0.717, 1.165) is 0 Å². The SMILES string of the molecule is CCOCn1cc(Br)c(=O)[nH]c1=O. The van der Waals surface area contributed by atoms with Crippen LogP contribution in [0.2, 0.25) is 0 Å². The molecule has 1 heterocycles. The summed E-state index contributed by atoms with van der Waals surface area (Å²) >= 11 is 3.01. The molecule has 13 heavy (non-hydrogen) atoms. The summed E-state index contributed by atoms with van der Waals surface area (Å²) in [6, 6.07) is 0. The number of nitrogens with zero attached hydrogens (tertiary/aromatic N) is 1. The molecule has 0 saturated heterocycles. The lowest BCUT2D eigenvalue weighted by molar-refractivity contribution is 0.0841. The number of H-pyrrole nitrogens is 1. The standard InChI is InChI=1S/C7H9BrN2O3/c1-2-13-4-10-3-5(8)6(11)9-7(10)12/h3H,2,4H2,1H3,(H,9,11,12). The van der Waals surface area contributed by atoms with Gasteiger partial charge in [-0.15, -0.1) is 0 Å². The lowest BCUT2D eigenvalue weighted by Gasteiger charge is -2.04. The van der Waals surface area contributed by atoms with Crippen molar-refractivity contribution >= 4 is 15.9 Å². The molecule has 6 heteroatoms. The van der Waals surface area contributed by atoms with Crippen molar-refractivity contribution in [1.29, 1.82) is 0 Å². The molecule has 72 valence electrons. The number of hydrogen-bond donors (Lipinski definition) is 1. The summed E-state index contributed by atoms with van der Waals surface area (Å²) in [5, 5.41) is 0. The normalized spacial score (nSPS) is 10.3. The summed E-state index contributed by atoms with van der Waals surface area (Å²) in [5.41, 5.74) is -0.903. The highest BCUT2D eigenvalue weighted by molar-refractivity contribution is 9.10. The molecule has 1 N–H and O–H groups in total. The fourth-order valence-corrected chi connectivity index (χ4v) is 1.11. The molecule has 0 atom stereocenters. The molecule has 0 saturated carbocycles. The Kier molecular flexibility index (Phi) is 3.44. The summed E-state index contributed by atoms with van der Waals surface area (Å²) in [6.45, 7) is 2.49. The Morgan fingerprint density at radius 3 is 2.92 bits per heavy atom. The second-order valence-corrected chi connectivity index (χ2v) is 3.18. The maximum Gasteiger partial charge on any atom is 0.330 e. The smallest absolute Gasteiger partial charge is 0.330 e. The fraction of sp³-hybridized carbons (Fsp3) is 0.429. The van der Waals surface area contributed by atoms with Crippen LogP contribution in [0.3, 0.4) is 0 Å². The third kappa shape index (κ3) is 2.53. The summed E-state index contributed by atoms with van der Waals surface area (Å²) in [5.74, 6) is 0. The maximum absolute atomic E-state index is 11.1. The molecule has 0 aromatic carbocycles. The van der Waals surface area contributed by atoms with Crippen molar-refractivity contribution < 1.29 is 4.74 Å². The number of hydrogen-bond acceptors (Lipinski definition) is 3. The monoisotopic (exact) mass is 248 g/mol. The molecule has 0 aliphatic rings. The number of nitrogens with one attached hydrogen (secondary N) is 1. The second kappa shape index (κ2) is 4.38. The van der Waals surface area contributed by atoms with Crippen LogP contribution in [0.1, 0.15) is 6.92 Å². The van der Waals surface area contributed by atoms with E-state index in [4.69, 9.17) is 4.74 Å². The van der Waals surface area contributed by atoms with Crippen molar-refractivity contribution in [2.75, 3.05) is 6.61 Å². The van der Waals surface area contributed by atoms with E-state index in [-0.39, 0.29) is 6.73 Å². The van der Waals surface area contributed by atoms with E-state index in [9.17, 15) is 9.59 Å². The predicted molar refractivity (Wildman–Crippen MR) is 50.6 cm³/mol. The quantitative estimate of drug-likeness (QED) is 0.837. The first kappa shape index (κ1) is 10.2. The molecule has 1 aromatic rings. The van der Waals surface area contributed by atoms with E-state index < -0.39 is 11.2 Å². The Bertz CT molecular complexity index is 395. The van der Waals surface area contributed by atoms with Gasteiger partial charge in [0.15, 0.2) is 0 Å². The average Bonchev–Trinajstić information content (AvgIpc) is 2.09. The minimum absolute atomic E-state index is 0.144. The minimum atomic E-state index is -0.471. The molecule has 1 aromatic heterocycles. The van der Waals surface area contributed by atoms with Gasteiger partial charge in [0.25, 0.3) is 5.56 Å². The van der Waals surface area contributed by atoms with Gasteiger partial charge < -0.3 is 4.74 Å². The van der Waals surface area contributed by atoms with Gasteiger partial charge in [0.05, 0.1) is 4.47 Å². The zero-order chi connectivity index (χ0) is 9.84. The van der Waals surface area contributed by atoms with Crippen molar-refractivity contribution in [3.8, 4) is 0 Å². The molecular formula is C7H9BrN2O3. The van der Waals surface area contributed by atoms with Gasteiger partial charge in [0.2, 0.25) is 0 Å². The number of ether oxygens (including phenoxy) is 1. The Morgan fingerprint density at radius 1 is 1.62 bits per heavy atom. The van der Waals surface area contributed by atoms with Gasteiger partial charge in [-0.25, -0.2) is 4.79 Å². The minimum Gasteiger partial charge on any atom is -0.361 e. The van der Waals surface area contributed by atoms with Gasteiger partial charge >= 0.3 is 5.69 Å². The molecular weight excluding hydrogens is 240 g/mol. The molecule has 0 fully saturated rings. The average molecular weight is 249 g/mol. The van der Waals surface area contributed by atoms with Crippen molar-refractivity contribution in [2.45, 2.75) is 13.7 Å². The van der Waals surface area contributed by atoms with Crippen LogP contribution < -0.4 is 11.2 Å². The third-order valence-corrected chi connectivity index (χ3v) is 1.97. The number of halogens is 1. The van der Waals surface area contributed by atoms with E-state index in [0.29, 0.717) is 11.1 Å². The van der Waals surface area contributed by atoms with Gasteiger partial charge in [0, 0.05) is 12.8 Å². The van der Waals surface area contributed by atoms with E-state index in [1.165, 1.54) is 10.8 Å². The molecule has 5 nitrogen and oxygen atoms in total. The van der Waals surface area contributed by atoms with Crippen LogP contribution in [0, 0.1) is 0 Å². The van der Waals surface area contributed by atoms with Crippen LogP contribution >= 0.6 is 15.9 Å². The van der Waals surface area contributed by atoms with E-state index in [1.807, 2.05) is 6.92 Å². The first-order chi connectivity index (χ1) is 6.15. The summed E-state index contributed by atoms with van der Waals surface area (Å²) in [6.07, 6.45) is 1.40. The molecule has 0 bridgehead atoms. The van der Waals surface area contributed by atoms with Crippen molar-refractivity contribution in [3.05, 3.63) is 31.5 Å². The molecule has 0 aliphatic carbocycles. The summed E-state index contributed by atoms with van der Waals surface area (Å²) in [7, 11) is 0. The van der Waals surface area contributed by atoms with E-state index in [1.54, 1.807) is 0 Å². The Morgan fingerprint density at radius 2 is 2.31 bits per heavy atom. The van der Waals surface area contributed by atoms with Gasteiger partial charge in [0.1, 0.15) is 6.73 Å². The van der Waals surface area contributed by atoms with Crippen LogP contribution in [0.15, 0.2) is 20.3 Å². The fourth-order valence-electron chi connectivity index (χ4n) is 0.768. The molecule has 0 unspecified atom stereocenters. The topological polar surface area (TPSA) is 64.1 Å². The van der Waals surface area contributed by atoms with Crippen LogP contribution in [0.4, 0.5) is 0 Å². The lowest BCUT2D eigenvalue weighted by Crippen LogP contribution is -2.30. The van der Waals surface area contributed by atoms with Crippen molar-refractivity contribution in [3.63, 3.8) is 0 Å². The zero-order valence-corrected chi connectivity index (χ0v) is 8.63. The lowest BCUT2D eigenvalue weighted by atomic mass is 10.6. The van der Waals surface area contributed by atoms with E-state index in [2.05, 4.69) is 20.9 Å². The Labute approximate surface area is 82.5 Å². The predicted octanol–water partition coefficient (Wildman–Crippen LogP) is 0.293. The second-order valence-electron chi connectivity index (χ2n) is 2.33. The first-order valence-corrected chi connectivity index (χ1v) is 4.51. The van der Waals surface area contributed by atoms with Crippen LogP contribution in [-0.2, 0) is 11.5 Å². The molecule has 0 radical (unpaired) electrons. The molecule has 0 spiro atoms. The molecule has 1 rings (SSSR count). The maximum atomic E-state index is 11.1. The largest absolute Gasteiger partial charge is 0.361 e. The van der Waals surface area contributed by atoms with Crippen molar-refractivity contribution in [2.24, 2.45) is 0 Å². The number of aromatic nitrogens is 2. The van der Waals surface area contributed by atoms with Crippen LogP contribution in [-0.4, -0.2) is 16.2 Å². The number of rotatable bonds is 3. The zero-order valence-electron chi connectivity index (χ0n) is 7.04. The van der Waals surface area contributed by atoms with E-state index >= 15 is 0 Å². The Hall–Kier alpha value is -0.880. The van der Waals surface area contributed by atoms with Gasteiger partial charge in [-0.2, -0.15) is 0 Å². The summed E-state index contributed by atoms with van der Waals surface area (Å²) in [4.78, 5) is 24.2. The molecule has 0 aliphatic heterocycles. The highest BCUT2D eigenvalue weighted by atomic mass is 79.9. The van der Waals surface area contributed by atoms with Gasteiger partial charge in [-0.3, -0.25) is 14.3 Å². The highest BCUT2D eigenvalue weighted by Crippen LogP contribution is 1.97. The Balaban J connectivity index is 3.02. The van der Waals surface area contributed by atoms with Gasteiger partial charge in [-0.1, -0.05) is 0 Å². The third-order valence-electron chi connectivity index (χ3n) is 1.40. The van der Waals surface area contributed by atoms with Gasteiger partial charge in [-0.05, 0) is 22.9 Å². The van der Waals surface area contributed by atoms with Crippen molar-refractivity contribution in [1.82, 2.24) is 9.55 Å².